The summed E-state index contributed by atoms with van der Waals surface area (Å²) >= 11 is 0. The third kappa shape index (κ3) is 7.92. The van der Waals surface area contributed by atoms with Gasteiger partial charge in [0.15, 0.2) is 0 Å². The molecule has 332 valence electrons. The Balaban J connectivity index is 0.887. The number of methoxy groups -OCH3 is 1. The molecule has 3 saturated heterocycles. The van der Waals surface area contributed by atoms with Crippen LogP contribution >= 0.6 is 0 Å². The molecule has 4 aliphatic rings. The Kier molecular flexibility index (Phi) is 11.4. The first-order valence-electron chi connectivity index (χ1n) is 23.2. The molecule has 1 saturated carbocycles. The Bertz CT molecular complexity index is 2710. The van der Waals surface area contributed by atoms with E-state index < -0.39 is 18.2 Å². The molecule has 4 aromatic carbocycles. The monoisotopic (exact) mass is 864 g/mol. The molecule has 0 spiro atoms. The number of carbonyl (C=O) groups is 3. The third-order valence-corrected chi connectivity index (χ3v) is 14.4. The number of nitrogens with zero attached hydrogens (tertiary/aromatic N) is 5. The lowest BCUT2D eigenvalue weighted by Crippen LogP contribution is -2.51. The minimum atomic E-state index is -0.691. The second kappa shape index (κ2) is 17.5. The van der Waals surface area contributed by atoms with Gasteiger partial charge in [-0.1, -0.05) is 69.2 Å². The Hall–Kier alpha value is -6.08. The molecule has 64 heavy (non-hydrogen) atoms. The highest BCUT2D eigenvalue weighted by atomic mass is 19.1. The number of fused-ring (bicyclic) bond motifs is 3. The van der Waals surface area contributed by atoms with Crippen LogP contribution < -0.4 is 5.32 Å². The van der Waals surface area contributed by atoms with E-state index in [0.29, 0.717) is 12.5 Å². The number of rotatable bonds is 10. The third-order valence-electron chi connectivity index (χ3n) is 14.4. The number of ether oxygens (including phenoxy) is 1. The molecule has 12 nitrogen and oxygen atoms in total. The summed E-state index contributed by atoms with van der Waals surface area (Å²) in [6.07, 6.45) is 10.2. The molecular weight excluding hydrogens is 808 g/mol. The Morgan fingerprint density at radius 2 is 1.53 bits per heavy atom. The highest BCUT2D eigenvalue weighted by Gasteiger charge is 2.49. The molecule has 3 unspecified atom stereocenters. The van der Waals surface area contributed by atoms with Crippen LogP contribution in [0.5, 0.6) is 0 Å². The molecule has 13 heteroatoms. The molecule has 0 bridgehead atoms. The van der Waals surface area contributed by atoms with Crippen LogP contribution in [0, 0.1) is 17.7 Å². The van der Waals surface area contributed by atoms with Gasteiger partial charge in [0.25, 0.3) is 0 Å². The summed E-state index contributed by atoms with van der Waals surface area (Å²) in [6.45, 7) is 6.08. The van der Waals surface area contributed by atoms with Gasteiger partial charge in [0, 0.05) is 18.2 Å². The molecule has 1 aliphatic carbocycles. The number of hydrogen-bond donors (Lipinski definition) is 3. The van der Waals surface area contributed by atoms with Crippen LogP contribution in [-0.4, -0.2) is 91.4 Å². The van der Waals surface area contributed by atoms with Gasteiger partial charge in [0.2, 0.25) is 11.8 Å². The van der Waals surface area contributed by atoms with Crippen molar-refractivity contribution in [1.29, 1.82) is 0 Å². The van der Waals surface area contributed by atoms with Crippen molar-refractivity contribution in [2.24, 2.45) is 11.8 Å². The van der Waals surface area contributed by atoms with Gasteiger partial charge in [-0.25, -0.2) is 19.2 Å². The van der Waals surface area contributed by atoms with Crippen LogP contribution in [0.1, 0.15) is 107 Å². The summed E-state index contributed by atoms with van der Waals surface area (Å²) in [5.41, 5.74) is 6.55. The lowest BCUT2D eigenvalue weighted by Gasteiger charge is -2.38. The zero-order valence-electron chi connectivity index (χ0n) is 36.9. The van der Waals surface area contributed by atoms with Crippen LogP contribution in [0.15, 0.2) is 85.1 Å². The molecule has 5 heterocycles. The summed E-state index contributed by atoms with van der Waals surface area (Å²) < 4.78 is 19.4. The van der Waals surface area contributed by atoms with Crippen LogP contribution in [-0.2, 0) is 14.3 Å². The SMILES string of the molecule is COC(=O)N[C@H](C(=O)N1CCC[C@H]1c1ncc(-c2ccc3cc(-c4ccc5nc(C6CC7CCCCC7N6C(=O)[C@@H](c6cccc(F)c6)N6CCCC6)[nH]c5c4)ccc3c2)[nH]1)C(C)C. The largest absolute Gasteiger partial charge is 0.453 e. The maximum absolute atomic E-state index is 15.0. The van der Waals surface area contributed by atoms with E-state index in [0.717, 1.165) is 126 Å². The average Bonchev–Trinajstić information content (AvgIpc) is 4.17. The van der Waals surface area contributed by atoms with Crippen LogP contribution in [0.4, 0.5) is 9.18 Å². The second-order valence-electron chi connectivity index (χ2n) is 18.7. The van der Waals surface area contributed by atoms with Gasteiger partial charge in [-0.3, -0.25) is 14.5 Å². The normalized spacial score (nSPS) is 22.3. The summed E-state index contributed by atoms with van der Waals surface area (Å²) in [7, 11) is 1.30. The molecule has 10 rings (SSSR count). The standard InChI is InChI=1S/C51H57FN8O4/c1-30(2)45(57-51(63)64-3)49(61)59-23-9-14-43(59)47-53-29-41(56-47)35-18-17-31-24-32(15-16-33(31)25-35)34-19-20-39-40(27-34)55-48(54-39)44-28-36-10-4-5-13-42(36)60(44)50(62)46(58-21-6-7-22-58)37-11-8-12-38(52)26-37/h8,11-12,15-20,24-27,29-30,36,42-46H,4-7,9-10,13-14,21-23,28H2,1-3H3,(H,53,56)(H,54,55)(H,57,63)/t36?,42?,43-,44?,45-,46+/m0/s1. The van der Waals surface area contributed by atoms with Gasteiger partial charge < -0.3 is 29.8 Å². The lowest BCUT2D eigenvalue weighted by atomic mass is 9.84. The molecule has 3 N–H and O–H groups in total. The van der Waals surface area contributed by atoms with Crippen molar-refractivity contribution in [1.82, 2.24) is 40.0 Å². The predicted octanol–water partition coefficient (Wildman–Crippen LogP) is 9.63. The summed E-state index contributed by atoms with van der Waals surface area (Å²) in [4.78, 5) is 64.0. The number of nitrogens with one attached hydrogen (secondary N) is 3. The number of likely N-dealkylation sites (tertiary alicyclic amines) is 3. The van der Waals surface area contributed by atoms with Gasteiger partial charge in [-0.05, 0) is 134 Å². The highest BCUT2D eigenvalue weighted by Crippen LogP contribution is 2.48. The first-order valence-corrected chi connectivity index (χ1v) is 23.2. The van der Waals surface area contributed by atoms with Crippen LogP contribution in [0.3, 0.4) is 0 Å². The van der Waals surface area contributed by atoms with E-state index in [4.69, 9.17) is 14.7 Å². The van der Waals surface area contributed by atoms with Crippen LogP contribution in [0.2, 0.25) is 0 Å². The number of H-pyrrole nitrogens is 2. The topological polar surface area (TPSA) is 140 Å². The predicted molar refractivity (Wildman–Crippen MR) is 244 cm³/mol. The number of hydrogen-bond acceptors (Lipinski definition) is 7. The van der Waals surface area contributed by atoms with E-state index in [9.17, 15) is 18.8 Å². The number of halogens is 1. The molecule has 0 radical (unpaired) electrons. The second-order valence-corrected chi connectivity index (χ2v) is 18.7. The quantitative estimate of drug-likeness (QED) is 0.125. The van der Waals surface area contributed by atoms with E-state index in [1.807, 2.05) is 31.0 Å². The number of aromatic nitrogens is 4. The molecule has 2 aromatic heterocycles. The number of aromatic amines is 2. The zero-order valence-corrected chi connectivity index (χ0v) is 36.9. The fraction of sp³-hybridized carbons (Fsp3) is 0.431. The summed E-state index contributed by atoms with van der Waals surface area (Å²) in [6, 6.07) is 24.4. The van der Waals surface area contributed by atoms with Crippen molar-refractivity contribution in [3.63, 3.8) is 0 Å². The Morgan fingerprint density at radius 3 is 2.31 bits per heavy atom. The van der Waals surface area contributed by atoms with E-state index in [-0.39, 0.29) is 41.7 Å². The smallest absolute Gasteiger partial charge is 0.407 e. The van der Waals surface area contributed by atoms with E-state index >= 15 is 0 Å². The van der Waals surface area contributed by atoms with Crippen molar-refractivity contribution in [3.05, 3.63) is 108 Å². The van der Waals surface area contributed by atoms with E-state index in [2.05, 4.69) is 79.7 Å². The van der Waals surface area contributed by atoms with Gasteiger partial charge in [-0.15, -0.1) is 0 Å². The molecule has 6 aromatic rings. The number of benzene rings is 4. The van der Waals surface area contributed by atoms with Gasteiger partial charge in [0.1, 0.15) is 29.5 Å². The minimum Gasteiger partial charge on any atom is -0.453 e. The van der Waals surface area contributed by atoms with Crippen molar-refractivity contribution >= 4 is 39.7 Å². The van der Waals surface area contributed by atoms with Gasteiger partial charge in [-0.2, -0.15) is 0 Å². The summed E-state index contributed by atoms with van der Waals surface area (Å²) in [5.74, 6) is 1.49. The fourth-order valence-electron chi connectivity index (χ4n) is 11.2. The maximum Gasteiger partial charge on any atom is 0.407 e. The number of carbonyl (C=O) groups excluding carboxylic acids is 3. The zero-order chi connectivity index (χ0) is 44.1. The Morgan fingerprint density at radius 1 is 0.781 bits per heavy atom. The van der Waals surface area contributed by atoms with Crippen molar-refractivity contribution in [2.75, 3.05) is 26.7 Å². The molecule has 6 atom stereocenters. The first-order chi connectivity index (χ1) is 31.1. The molecule has 3 amide bonds. The van der Waals surface area contributed by atoms with Crippen molar-refractivity contribution in [2.45, 2.75) is 102 Å². The van der Waals surface area contributed by atoms with Crippen molar-refractivity contribution in [3.8, 4) is 22.4 Å². The maximum atomic E-state index is 15.0. The van der Waals surface area contributed by atoms with E-state index in [1.165, 1.54) is 19.6 Å². The lowest BCUT2D eigenvalue weighted by molar-refractivity contribution is -0.141. The fourth-order valence-corrected chi connectivity index (χ4v) is 11.2. The summed E-state index contributed by atoms with van der Waals surface area (Å²) in [5, 5.41) is 4.91. The average molecular weight is 865 g/mol. The van der Waals surface area contributed by atoms with E-state index in [1.54, 1.807) is 12.1 Å². The molecule has 4 fully saturated rings. The number of imidazole rings is 2. The Labute approximate surface area is 373 Å². The number of amides is 3. The minimum absolute atomic E-state index is 0.0684. The van der Waals surface area contributed by atoms with Crippen LogP contribution in [0.25, 0.3) is 44.2 Å². The molecule has 3 aliphatic heterocycles. The number of alkyl carbamates (subject to hydrolysis) is 1. The van der Waals surface area contributed by atoms with Gasteiger partial charge in [0.05, 0.1) is 42.1 Å². The highest BCUT2D eigenvalue weighted by molar-refractivity contribution is 5.92. The van der Waals surface area contributed by atoms with Gasteiger partial charge >= 0.3 is 6.09 Å². The van der Waals surface area contributed by atoms with Crippen molar-refractivity contribution < 1.29 is 23.5 Å². The molecular formula is C51H57FN8O4. The first kappa shape index (κ1) is 41.9.